The monoisotopic (exact) mass is 327 g/mol. The maximum absolute atomic E-state index is 10.8. The lowest BCUT2D eigenvalue weighted by Gasteiger charge is -2.28. The maximum Gasteiger partial charge on any atom is 0.313 e. The van der Waals surface area contributed by atoms with Gasteiger partial charge in [0.05, 0.1) is 22.8 Å². The van der Waals surface area contributed by atoms with Gasteiger partial charge in [0.25, 0.3) is 0 Å². The molecule has 0 bridgehead atoms. The van der Waals surface area contributed by atoms with Crippen LogP contribution < -0.4 is 0 Å². The Morgan fingerprint density at radius 2 is 2.29 bits per heavy atom. The summed E-state index contributed by atoms with van der Waals surface area (Å²) in [5.41, 5.74) is -0.377. The lowest BCUT2D eigenvalue weighted by molar-refractivity contribution is -0.133. The van der Waals surface area contributed by atoms with Crippen molar-refractivity contribution < 1.29 is 14.6 Å². The molecule has 1 N–H and O–H groups in total. The van der Waals surface area contributed by atoms with E-state index in [9.17, 15) is 4.79 Å². The van der Waals surface area contributed by atoms with Crippen LogP contribution in [0.4, 0.5) is 0 Å². The highest BCUT2D eigenvalue weighted by Crippen LogP contribution is 2.32. The highest BCUT2D eigenvalue weighted by atomic mass is 32.2. The van der Waals surface area contributed by atoms with Crippen LogP contribution in [0.1, 0.15) is 13.8 Å². The van der Waals surface area contributed by atoms with Crippen LogP contribution in [0.5, 0.6) is 0 Å². The summed E-state index contributed by atoms with van der Waals surface area (Å²) in [6.45, 7) is 4.51. The highest BCUT2D eigenvalue weighted by Gasteiger charge is 2.29. The molecule has 0 fully saturated rings. The topological polar surface area (TPSA) is 77.2 Å². The van der Waals surface area contributed by atoms with Crippen molar-refractivity contribution in [2.75, 3.05) is 19.5 Å². The van der Waals surface area contributed by atoms with E-state index in [0.717, 1.165) is 22.5 Å². The quantitative estimate of drug-likeness (QED) is 0.788. The fourth-order valence-corrected chi connectivity index (χ4v) is 3.53. The van der Waals surface area contributed by atoms with Crippen LogP contribution in [0.3, 0.4) is 0 Å². The van der Waals surface area contributed by atoms with Crippen molar-refractivity contribution >= 4 is 29.1 Å². The number of hydrogen-bond acceptors (Lipinski definition) is 6. The number of nitrogens with zero attached hydrogens (tertiary/aromatic N) is 3. The molecule has 0 spiro atoms. The molecule has 8 heteroatoms. The molecule has 0 aromatic carbocycles. The second-order valence-corrected chi connectivity index (χ2v) is 6.94. The van der Waals surface area contributed by atoms with Gasteiger partial charge in [0.2, 0.25) is 0 Å². The van der Waals surface area contributed by atoms with Gasteiger partial charge in [-0.1, -0.05) is 17.8 Å². The highest BCUT2D eigenvalue weighted by molar-refractivity contribution is 7.99. The van der Waals surface area contributed by atoms with Crippen molar-refractivity contribution in [2.45, 2.75) is 24.5 Å². The standard InChI is InChI=1S/C13H17N3O3S2/c1-13(2,8-19-3)16-11(9-5-4-6-20-9)14-15-12(16)21-7-10(17)18/h4-6H,7-8H2,1-3H3,(H,17,18). The fourth-order valence-electron chi connectivity index (χ4n) is 2.02. The maximum atomic E-state index is 10.8. The number of ether oxygens (including phenoxy) is 1. The number of methoxy groups -OCH3 is 1. The van der Waals surface area contributed by atoms with Gasteiger partial charge >= 0.3 is 5.97 Å². The molecule has 0 aliphatic rings. The Kier molecular flexibility index (Phi) is 5.02. The normalized spacial score (nSPS) is 11.8. The van der Waals surface area contributed by atoms with Crippen molar-refractivity contribution in [1.82, 2.24) is 14.8 Å². The van der Waals surface area contributed by atoms with Gasteiger partial charge in [0, 0.05) is 7.11 Å². The molecule has 0 radical (unpaired) electrons. The zero-order chi connectivity index (χ0) is 15.5. The number of rotatable bonds is 7. The zero-order valence-corrected chi connectivity index (χ0v) is 13.7. The fraction of sp³-hybridized carbons (Fsp3) is 0.462. The lowest BCUT2D eigenvalue weighted by Crippen LogP contribution is -2.32. The van der Waals surface area contributed by atoms with Crippen molar-refractivity contribution in [3.63, 3.8) is 0 Å². The Morgan fingerprint density at radius 3 is 2.86 bits per heavy atom. The third-order valence-corrected chi connectivity index (χ3v) is 4.58. The van der Waals surface area contributed by atoms with Crippen LogP contribution in [0.2, 0.25) is 0 Å². The molecule has 0 aliphatic carbocycles. The minimum absolute atomic E-state index is 0.0500. The predicted molar refractivity (Wildman–Crippen MR) is 82.9 cm³/mol. The molecule has 2 rings (SSSR count). The number of carbonyl (C=O) groups is 1. The van der Waals surface area contributed by atoms with E-state index in [-0.39, 0.29) is 11.3 Å². The van der Waals surface area contributed by atoms with Crippen molar-refractivity contribution in [2.24, 2.45) is 0 Å². The SMILES string of the molecule is COCC(C)(C)n1c(SCC(=O)O)nnc1-c1cccs1. The first kappa shape index (κ1) is 16.0. The Morgan fingerprint density at radius 1 is 1.52 bits per heavy atom. The molecule has 0 aliphatic heterocycles. The molecule has 21 heavy (non-hydrogen) atoms. The van der Waals surface area contributed by atoms with Gasteiger partial charge in [-0.15, -0.1) is 21.5 Å². The second-order valence-electron chi connectivity index (χ2n) is 5.05. The molecule has 0 saturated carbocycles. The molecular weight excluding hydrogens is 310 g/mol. The van der Waals surface area contributed by atoms with E-state index in [0.29, 0.717) is 11.8 Å². The van der Waals surface area contributed by atoms with Crippen LogP contribution in [0.25, 0.3) is 10.7 Å². The summed E-state index contributed by atoms with van der Waals surface area (Å²) in [7, 11) is 1.64. The van der Waals surface area contributed by atoms with Crippen LogP contribution >= 0.6 is 23.1 Å². The number of hydrogen-bond donors (Lipinski definition) is 1. The van der Waals surface area contributed by atoms with E-state index in [2.05, 4.69) is 10.2 Å². The summed E-state index contributed by atoms with van der Waals surface area (Å²) in [4.78, 5) is 11.8. The largest absolute Gasteiger partial charge is 0.481 e. The van der Waals surface area contributed by atoms with Crippen molar-refractivity contribution in [3.05, 3.63) is 17.5 Å². The van der Waals surface area contributed by atoms with Crippen LogP contribution in [-0.2, 0) is 15.1 Å². The average molecular weight is 327 g/mol. The van der Waals surface area contributed by atoms with Crippen molar-refractivity contribution in [1.29, 1.82) is 0 Å². The predicted octanol–water partition coefficient (Wildman–Crippen LogP) is 2.56. The minimum Gasteiger partial charge on any atom is -0.481 e. The molecule has 2 heterocycles. The summed E-state index contributed by atoms with van der Waals surface area (Å²) in [6.07, 6.45) is 0. The van der Waals surface area contributed by atoms with E-state index in [4.69, 9.17) is 9.84 Å². The van der Waals surface area contributed by atoms with E-state index >= 15 is 0 Å². The van der Waals surface area contributed by atoms with Crippen LogP contribution in [0, 0.1) is 0 Å². The molecule has 114 valence electrons. The smallest absolute Gasteiger partial charge is 0.313 e. The summed E-state index contributed by atoms with van der Waals surface area (Å²) >= 11 is 2.74. The summed E-state index contributed by atoms with van der Waals surface area (Å²) < 4.78 is 7.24. The number of thioether (sulfide) groups is 1. The van der Waals surface area contributed by atoms with E-state index in [1.165, 1.54) is 0 Å². The van der Waals surface area contributed by atoms with Gasteiger partial charge in [-0.3, -0.25) is 9.36 Å². The van der Waals surface area contributed by atoms with Gasteiger partial charge < -0.3 is 9.84 Å². The van der Waals surface area contributed by atoms with Gasteiger partial charge in [0.15, 0.2) is 11.0 Å². The Labute approximate surface area is 131 Å². The number of thiophene rings is 1. The summed E-state index contributed by atoms with van der Waals surface area (Å²) in [5.74, 6) is -0.192. The van der Waals surface area contributed by atoms with Crippen LogP contribution in [0.15, 0.2) is 22.7 Å². The molecule has 0 atom stereocenters. The first-order valence-corrected chi connectivity index (χ1v) is 8.15. The van der Waals surface area contributed by atoms with E-state index < -0.39 is 5.97 Å². The Bertz CT molecular complexity index is 608. The third kappa shape index (κ3) is 3.63. The Hall–Kier alpha value is -1.38. The van der Waals surface area contributed by atoms with Crippen LogP contribution in [-0.4, -0.2) is 45.3 Å². The second kappa shape index (κ2) is 6.59. The van der Waals surface area contributed by atoms with Gasteiger partial charge in [0.1, 0.15) is 0 Å². The molecule has 0 unspecified atom stereocenters. The number of aliphatic carboxylic acids is 1. The first-order valence-electron chi connectivity index (χ1n) is 6.29. The lowest BCUT2D eigenvalue weighted by atomic mass is 10.1. The summed E-state index contributed by atoms with van der Waals surface area (Å²) in [6, 6.07) is 3.92. The molecule has 6 nitrogen and oxygen atoms in total. The Balaban J connectivity index is 2.45. The van der Waals surface area contributed by atoms with Crippen molar-refractivity contribution in [3.8, 4) is 10.7 Å². The molecule has 2 aromatic heterocycles. The van der Waals surface area contributed by atoms with E-state index in [1.54, 1.807) is 18.4 Å². The molecule has 0 saturated heterocycles. The zero-order valence-electron chi connectivity index (χ0n) is 12.1. The van der Waals surface area contributed by atoms with E-state index in [1.807, 2.05) is 35.9 Å². The first-order chi connectivity index (χ1) is 9.95. The van der Waals surface area contributed by atoms with Gasteiger partial charge in [-0.25, -0.2) is 0 Å². The average Bonchev–Trinajstić information content (AvgIpc) is 3.05. The van der Waals surface area contributed by atoms with Gasteiger partial charge in [-0.05, 0) is 25.3 Å². The van der Waals surface area contributed by atoms with Gasteiger partial charge in [-0.2, -0.15) is 0 Å². The molecular formula is C13H17N3O3S2. The molecule has 0 amide bonds. The molecule has 2 aromatic rings. The number of carboxylic acids is 1. The minimum atomic E-state index is -0.878. The number of carboxylic acid groups (broad SMARTS) is 1. The summed E-state index contributed by atoms with van der Waals surface area (Å²) in [5, 5.41) is 19.8. The number of aromatic nitrogens is 3. The third-order valence-electron chi connectivity index (χ3n) is 2.80.